The molecule has 2 aromatic rings. The summed E-state index contributed by atoms with van der Waals surface area (Å²) in [6, 6.07) is 6.80. The predicted octanol–water partition coefficient (Wildman–Crippen LogP) is 5.60. The number of methoxy groups -OCH3 is 1. The fraction of sp³-hybridized carbons (Fsp3) is 0.520. The normalized spacial score (nSPS) is 17.2. The number of hydrogen-bond donors (Lipinski definition) is 5. The Morgan fingerprint density at radius 2 is 1.52 bits per heavy atom. The largest absolute Gasteiger partial charge is 0.506 e. The van der Waals surface area contributed by atoms with E-state index in [-0.39, 0.29) is 23.2 Å². The third kappa shape index (κ3) is 7.74. The third-order valence-electron chi connectivity index (χ3n) is 5.75. The zero-order valence-electron chi connectivity index (χ0n) is 20.2. The number of nitrogen functional groups attached to an aromatic ring is 3. The number of aromatic hydroxyl groups is 1. The van der Waals surface area contributed by atoms with Gasteiger partial charge in [-0.2, -0.15) is 0 Å². The van der Waals surface area contributed by atoms with Gasteiger partial charge in [0.2, 0.25) is 0 Å². The highest BCUT2D eigenvalue weighted by Crippen LogP contribution is 2.45. The number of hydrogen-bond acceptors (Lipinski definition) is 7. The second-order valence-corrected chi connectivity index (χ2v) is 7.68. The standard InChI is InChI=1S/C22H31N3O4.C2H6.CH3I/c1-28-22-16(15-8-10-17(27)20(24)19(15)23)9-11-18(21(22)25)29-12-2-3-13-4-6-14(26)7-5-13;2*1-2/h8-11,13-14,26-27H,2-7,12,23-25H2,1H3;1-2H3;1H3. The topological polar surface area (TPSA) is 137 Å². The van der Waals surface area contributed by atoms with Crippen LogP contribution in [-0.2, 0) is 0 Å². The molecule has 1 fully saturated rings. The number of anilines is 3. The van der Waals surface area contributed by atoms with Crippen LogP contribution < -0.4 is 26.7 Å². The van der Waals surface area contributed by atoms with E-state index in [1.165, 1.54) is 13.2 Å². The number of halogens is 1. The van der Waals surface area contributed by atoms with Gasteiger partial charge in [0.15, 0.2) is 5.75 Å². The Kier molecular flexibility index (Phi) is 13.1. The van der Waals surface area contributed by atoms with Gasteiger partial charge in [0.05, 0.1) is 31.2 Å². The predicted molar refractivity (Wildman–Crippen MR) is 147 cm³/mol. The Labute approximate surface area is 211 Å². The molecule has 2 aromatic carbocycles. The van der Waals surface area contributed by atoms with Crippen molar-refractivity contribution < 1.29 is 19.7 Å². The van der Waals surface area contributed by atoms with Crippen molar-refractivity contribution in [2.45, 2.75) is 58.5 Å². The molecule has 7 nitrogen and oxygen atoms in total. The lowest BCUT2D eigenvalue weighted by Gasteiger charge is -2.25. The summed E-state index contributed by atoms with van der Waals surface area (Å²) in [4.78, 5) is 1.97. The van der Waals surface area contributed by atoms with E-state index < -0.39 is 0 Å². The van der Waals surface area contributed by atoms with Gasteiger partial charge in [-0.25, -0.2) is 0 Å². The van der Waals surface area contributed by atoms with Crippen molar-refractivity contribution in [3.05, 3.63) is 24.3 Å². The molecule has 8 heteroatoms. The molecule has 1 aliphatic rings. The SMILES string of the molecule is CC.CI.COc1c(-c2ccc(O)c(N)c2N)ccc(OCCCC2CCC(O)CC2)c1N. The molecular weight excluding hydrogens is 533 g/mol. The highest BCUT2D eigenvalue weighted by atomic mass is 127. The molecule has 0 spiro atoms. The van der Waals surface area contributed by atoms with E-state index in [0.29, 0.717) is 40.8 Å². The Bertz CT molecular complexity index is 856. The van der Waals surface area contributed by atoms with Gasteiger partial charge in [-0.3, -0.25) is 0 Å². The zero-order chi connectivity index (χ0) is 25.0. The number of rotatable bonds is 7. The summed E-state index contributed by atoms with van der Waals surface area (Å²) in [6.07, 6.45) is 5.89. The first kappa shape index (κ1) is 29.0. The lowest BCUT2D eigenvalue weighted by atomic mass is 9.85. The molecule has 0 heterocycles. The molecule has 0 saturated heterocycles. The number of phenols is 1. The summed E-state index contributed by atoms with van der Waals surface area (Å²) in [5.74, 6) is 1.63. The van der Waals surface area contributed by atoms with Crippen LogP contribution in [0.25, 0.3) is 11.1 Å². The molecule has 0 radical (unpaired) electrons. The Morgan fingerprint density at radius 3 is 2.12 bits per heavy atom. The van der Waals surface area contributed by atoms with Crippen molar-refractivity contribution in [2.24, 2.45) is 5.92 Å². The zero-order valence-corrected chi connectivity index (χ0v) is 22.4. The second-order valence-electron chi connectivity index (χ2n) is 7.68. The molecule has 1 saturated carbocycles. The number of nitrogens with two attached hydrogens (primary N) is 3. The quantitative estimate of drug-likeness (QED) is 0.0956. The fourth-order valence-corrected chi connectivity index (χ4v) is 3.99. The van der Waals surface area contributed by atoms with E-state index in [1.807, 2.05) is 24.8 Å². The molecule has 3 rings (SSSR count). The van der Waals surface area contributed by atoms with E-state index in [4.69, 9.17) is 26.7 Å². The Hall–Kier alpha value is -2.07. The lowest BCUT2D eigenvalue weighted by molar-refractivity contribution is 0.104. The van der Waals surface area contributed by atoms with E-state index in [9.17, 15) is 10.2 Å². The van der Waals surface area contributed by atoms with Crippen LogP contribution in [0.15, 0.2) is 24.3 Å². The molecule has 0 bridgehead atoms. The first-order chi connectivity index (χ1) is 15.9. The van der Waals surface area contributed by atoms with Crippen LogP contribution in [0.3, 0.4) is 0 Å². The molecule has 0 aromatic heterocycles. The van der Waals surface area contributed by atoms with Gasteiger partial charge in [-0.15, -0.1) is 0 Å². The van der Waals surface area contributed by atoms with Crippen molar-refractivity contribution in [3.8, 4) is 28.4 Å². The summed E-state index contributed by atoms with van der Waals surface area (Å²) < 4.78 is 11.4. The average Bonchev–Trinajstić information content (AvgIpc) is 2.85. The minimum absolute atomic E-state index is 0.0642. The van der Waals surface area contributed by atoms with Gasteiger partial charge < -0.3 is 36.9 Å². The maximum Gasteiger partial charge on any atom is 0.153 e. The number of aliphatic hydroxyl groups excluding tert-OH is 1. The number of alkyl halides is 1. The minimum atomic E-state index is -0.119. The smallest absolute Gasteiger partial charge is 0.153 e. The molecule has 8 N–H and O–H groups in total. The summed E-state index contributed by atoms with van der Waals surface area (Å²) in [5, 5.41) is 19.3. The van der Waals surface area contributed by atoms with Crippen LogP contribution in [-0.4, -0.2) is 35.0 Å². The highest BCUT2D eigenvalue weighted by Gasteiger charge is 2.20. The van der Waals surface area contributed by atoms with Crippen LogP contribution in [0.4, 0.5) is 17.1 Å². The first-order valence-corrected chi connectivity index (χ1v) is 13.6. The molecular formula is C25H40IN3O4. The Morgan fingerprint density at radius 1 is 0.909 bits per heavy atom. The maximum absolute atomic E-state index is 9.73. The van der Waals surface area contributed by atoms with Crippen molar-refractivity contribution in [1.82, 2.24) is 0 Å². The number of benzene rings is 2. The van der Waals surface area contributed by atoms with Crippen molar-refractivity contribution in [3.63, 3.8) is 0 Å². The van der Waals surface area contributed by atoms with E-state index >= 15 is 0 Å². The van der Waals surface area contributed by atoms with Gasteiger partial charge in [0.1, 0.15) is 17.2 Å². The number of phenolic OH excluding ortho intramolecular Hbond substituents is 1. The summed E-state index contributed by atoms with van der Waals surface area (Å²) in [5.41, 5.74) is 20.3. The van der Waals surface area contributed by atoms with Crippen LogP contribution in [0, 0.1) is 5.92 Å². The van der Waals surface area contributed by atoms with Crippen molar-refractivity contribution in [1.29, 1.82) is 0 Å². The van der Waals surface area contributed by atoms with Gasteiger partial charge in [0, 0.05) is 11.1 Å². The highest BCUT2D eigenvalue weighted by molar-refractivity contribution is 14.1. The molecule has 0 atom stereocenters. The molecule has 0 unspecified atom stereocenters. The molecule has 1 aliphatic carbocycles. The minimum Gasteiger partial charge on any atom is -0.506 e. The van der Waals surface area contributed by atoms with Crippen LogP contribution in [0.2, 0.25) is 0 Å². The van der Waals surface area contributed by atoms with Crippen molar-refractivity contribution >= 4 is 39.7 Å². The van der Waals surface area contributed by atoms with Gasteiger partial charge in [0.25, 0.3) is 0 Å². The molecule has 0 amide bonds. The average molecular weight is 574 g/mol. The third-order valence-corrected chi connectivity index (χ3v) is 5.75. The first-order valence-electron chi connectivity index (χ1n) is 11.4. The summed E-state index contributed by atoms with van der Waals surface area (Å²) in [7, 11) is 1.54. The van der Waals surface area contributed by atoms with E-state index in [2.05, 4.69) is 22.6 Å². The fourth-order valence-electron chi connectivity index (χ4n) is 3.99. The summed E-state index contributed by atoms with van der Waals surface area (Å²) in [6.45, 7) is 4.57. The summed E-state index contributed by atoms with van der Waals surface area (Å²) >= 11 is 2.15. The van der Waals surface area contributed by atoms with E-state index in [0.717, 1.165) is 38.5 Å². The maximum atomic E-state index is 9.73. The second kappa shape index (κ2) is 15.0. The number of ether oxygens (including phenoxy) is 2. The van der Waals surface area contributed by atoms with Crippen LogP contribution in [0.5, 0.6) is 17.2 Å². The molecule has 33 heavy (non-hydrogen) atoms. The lowest BCUT2D eigenvalue weighted by Crippen LogP contribution is -2.18. The van der Waals surface area contributed by atoms with Gasteiger partial charge in [-0.1, -0.05) is 36.4 Å². The monoisotopic (exact) mass is 573 g/mol. The van der Waals surface area contributed by atoms with E-state index in [1.54, 1.807) is 12.1 Å². The van der Waals surface area contributed by atoms with Gasteiger partial charge in [-0.05, 0) is 73.6 Å². The van der Waals surface area contributed by atoms with Crippen molar-refractivity contribution in [2.75, 3.05) is 35.8 Å². The Balaban J connectivity index is 0.00000129. The number of aliphatic hydroxyl groups is 1. The molecule has 0 aliphatic heterocycles. The van der Waals surface area contributed by atoms with Gasteiger partial charge >= 0.3 is 0 Å². The van der Waals surface area contributed by atoms with Crippen LogP contribution >= 0.6 is 22.6 Å². The molecule has 186 valence electrons. The van der Waals surface area contributed by atoms with Crippen LogP contribution in [0.1, 0.15) is 52.4 Å².